The monoisotopic (exact) mass is 686 g/mol. The molecular formula is C52H34N2. The Labute approximate surface area is 313 Å². The van der Waals surface area contributed by atoms with E-state index in [2.05, 4.69) is 199 Å². The van der Waals surface area contributed by atoms with Crippen LogP contribution in [0.25, 0.3) is 81.5 Å². The van der Waals surface area contributed by atoms with Gasteiger partial charge < -0.3 is 5.32 Å². The molecule has 0 spiro atoms. The lowest BCUT2D eigenvalue weighted by Gasteiger charge is -2.26. The van der Waals surface area contributed by atoms with E-state index in [-0.39, 0.29) is 6.04 Å². The van der Waals surface area contributed by atoms with E-state index in [0.29, 0.717) is 0 Å². The minimum atomic E-state index is -0.101. The van der Waals surface area contributed by atoms with Crippen LogP contribution < -0.4 is 5.32 Å². The van der Waals surface area contributed by atoms with Crippen LogP contribution in [0.3, 0.4) is 0 Å². The number of nitrogens with zero attached hydrogens (tertiary/aromatic N) is 1. The summed E-state index contributed by atoms with van der Waals surface area (Å²) >= 11 is 0. The molecule has 1 N–H and O–H groups in total. The second-order valence-electron chi connectivity index (χ2n) is 14.3. The summed E-state index contributed by atoms with van der Waals surface area (Å²) in [5.74, 6) is 0.880. The summed E-state index contributed by atoms with van der Waals surface area (Å²) in [4.78, 5) is 5.56. The fourth-order valence-electron chi connectivity index (χ4n) is 8.66. The van der Waals surface area contributed by atoms with Crippen LogP contribution in [0.1, 0.15) is 22.7 Å². The molecule has 1 heterocycles. The number of fused-ring (bicyclic) bond motifs is 10. The topological polar surface area (TPSA) is 24.4 Å². The van der Waals surface area contributed by atoms with E-state index in [9.17, 15) is 0 Å². The fourth-order valence-corrected chi connectivity index (χ4v) is 8.66. The molecule has 0 saturated carbocycles. The molecule has 0 radical (unpaired) electrons. The molecule has 10 aromatic rings. The van der Waals surface area contributed by atoms with Gasteiger partial charge in [0.05, 0.1) is 11.7 Å². The molecule has 1 atom stereocenters. The van der Waals surface area contributed by atoms with Gasteiger partial charge in [-0.2, -0.15) is 0 Å². The van der Waals surface area contributed by atoms with Gasteiger partial charge in [-0.25, -0.2) is 4.99 Å². The van der Waals surface area contributed by atoms with Gasteiger partial charge in [0.1, 0.15) is 5.84 Å². The molecule has 2 heteroatoms. The summed E-state index contributed by atoms with van der Waals surface area (Å²) in [6, 6.07) is 68.2. The predicted octanol–water partition coefficient (Wildman–Crippen LogP) is 13.4. The number of rotatable bonds is 4. The first-order valence-electron chi connectivity index (χ1n) is 18.7. The number of benzene rings is 10. The fraction of sp³-hybridized carbons (Fsp3) is 0.0192. The van der Waals surface area contributed by atoms with Crippen molar-refractivity contribution in [3.05, 3.63) is 211 Å². The van der Waals surface area contributed by atoms with Crippen molar-refractivity contribution >= 4 is 76.2 Å². The quantitative estimate of drug-likeness (QED) is 0.145. The third-order valence-electron chi connectivity index (χ3n) is 11.3. The molecule has 0 amide bonds. The Hall–Kier alpha value is -7.03. The molecule has 10 aromatic carbocycles. The van der Waals surface area contributed by atoms with Crippen LogP contribution in [-0.4, -0.2) is 5.84 Å². The summed E-state index contributed by atoms with van der Waals surface area (Å²) in [5, 5.41) is 18.8. The highest BCUT2D eigenvalue weighted by Crippen LogP contribution is 2.39. The van der Waals surface area contributed by atoms with Crippen molar-refractivity contribution in [3.8, 4) is 11.1 Å². The summed E-state index contributed by atoms with van der Waals surface area (Å²) < 4.78 is 0. The van der Waals surface area contributed by atoms with Gasteiger partial charge in [0.25, 0.3) is 0 Å². The zero-order valence-corrected chi connectivity index (χ0v) is 29.5. The van der Waals surface area contributed by atoms with Crippen LogP contribution in [0.5, 0.6) is 0 Å². The van der Waals surface area contributed by atoms with E-state index in [1.165, 1.54) is 81.3 Å². The maximum atomic E-state index is 5.56. The van der Waals surface area contributed by atoms with Crippen molar-refractivity contribution in [1.29, 1.82) is 0 Å². The van der Waals surface area contributed by atoms with Crippen LogP contribution in [0.2, 0.25) is 0 Å². The third kappa shape index (κ3) is 4.92. The maximum Gasteiger partial charge on any atom is 0.135 e. The molecule has 0 aliphatic carbocycles. The summed E-state index contributed by atoms with van der Waals surface area (Å²) in [6.07, 6.45) is 2.30. The molecule has 2 nitrogen and oxygen atoms in total. The first kappa shape index (κ1) is 30.6. The van der Waals surface area contributed by atoms with Gasteiger partial charge in [-0.15, -0.1) is 0 Å². The molecule has 252 valence electrons. The van der Waals surface area contributed by atoms with Gasteiger partial charge in [-0.3, -0.25) is 0 Å². The maximum absolute atomic E-state index is 5.56. The van der Waals surface area contributed by atoms with Crippen molar-refractivity contribution in [1.82, 2.24) is 5.32 Å². The lowest BCUT2D eigenvalue weighted by Crippen LogP contribution is -2.31. The Morgan fingerprint density at radius 2 is 0.870 bits per heavy atom. The summed E-state index contributed by atoms with van der Waals surface area (Å²) in [7, 11) is 0. The van der Waals surface area contributed by atoms with Crippen molar-refractivity contribution in [2.45, 2.75) is 6.04 Å². The highest BCUT2D eigenvalue weighted by Gasteiger charge is 2.24. The molecule has 1 aliphatic heterocycles. The number of nitrogens with one attached hydrogen (secondary N) is 1. The Kier molecular flexibility index (Phi) is 6.96. The molecule has 0 saturated heterocycles. The van der Waals surface area contributed by atoms with Crippen LogP contribution in [0.4, 0.5) is 0 Å². The number of hydrogen-bond donors (Lipinski definition) is 1. The van der Waals surface area contributed by atoms with Gasteiger partial charge in [0.15, 0.2) is 0 Å². The Balaban J connectivity index is 1.15. The van der Waals surface area contributed by atoms with Crippen molar-refractivity contribution in [3.63, 3.8) is 0 Å². The van der Waals surface area contributed by atoms with Crippen molar-refractivity contribution in [2.75, 3.05) is 0 Å². The molecule has 1 unspecified atom stereocenters. The molecule has 1 aliphatic rings. The molecule has 0 bridgehead atoms. The first-order valence-corrected chi connectivity index (χ1v) is 18.7. The number of amidine groups is 1. The standard InChI is InChI=1S/C52H34N2/c1-2-12-33(13-3-1)34-22-24-36(25-23-34)49-32-50(38-27-28-45-43-20-9-8-18-41(43)42-19-10-11-21-44(42)48(45)31-38)54-52(53-49)51-40-17-7-5-15-37(40)30-47-39-16-6-4-14-35(39)26-29-46(47)51/h1-32,49H,(H,53,54). The van der Waals surface area contributed by atoms with E-state index in [1.807, 2.05) is 0 Å². The van der Waals surface area contributed by atoms with Crippen molar-refractivity contribution < 1.29 is 0 Å². The minimum absolute atomic E-state index is 0.101. The Morgan fingerprint density at radius 1 is 0.352 bits per heavy atom. The highest BCUT2D eigenvalue weighted by molar-refractivity contribution is 6.27. The zero-order chi connectivity index (χ0) is 35.6. The van der Waals surface area contributed by atoms with Crippen LogP contribution in [-0.2, 0) is 0 Å². The van der Waals surface area contributed by atoms with Gasteiger partial charge in [-0.05, 0) is 99.5 Å². The third-order valence-corrected chi connectivity index (χ3v) is 11.3. The zero-order valence-electron chi connectivity index (χ0n) is 29.5. The number of aliphatic imine (C=N–C) groups is 1. The van der Waals surface area contributed by atoms with Gasteiger partial charge in [0, 0.05) is 11.1 Å². The second-order valence-corrected chi connectivity index (χ2v) is 14.3. The van der Waals surface area contributed by atoms with E-state index in [0.717, 1.165) is 22.7 Å². The molecule has 0 fully saturated rings. The van der Waals surface area contributed by atoms with Crippen molar-refractivity contribution in [2.24, 2.45) is 4.99 Å². The smallest absolute Gasteiger partial charge is 0.135 e. The van der Waals surface area contributed by atoms with Gasteiger partial charge in [-0.1, -0.05) is 176 Å². The first-order chi connectivity index (χ1) is 26.8. The minimum Gasteiger partial charge on any atom is -0.359 e. The Bertz CT molecular complexity index is 3140. The Morgan fingerprint density at radius 3 is 1.59 bits per heavy atom. The normalized spacial score (nSPS) is 14.5. The lowest BCUT2D eigenvalue weighted by atomic mass is 9.90. The predicted molar refractivity (Wildman–Crippen MR) is 230 cm³/mol. The molecule has 0 aromatic heterocycles. The molecule has 11 rings (SSSR count). The average Bonchev–Trinajstić information content (AvgIpc) is 3.25. The molecule has 54 heavy (non-hydrogen) atoms. The van der Waals surface area contributed by atoms with E-state index in [4.69, 9.17) is 4.99 Å². The summed E-state index contributed by atoms with van der Waals surface area (Å²) in [6.45, 7) is 0. The van der Waals surface area contributed by atoms with E-state index >= 15 is 0 Å². The molecular weight excluding hydrogens is 653 g/mol. The SMILES string of the molecule is C1=C(c2ccc3c4ccccc4c4ccccc4c3c2)N=C(c2c3ccccc3cc3c2ccc2ccccc23)NC1c1ccc(-c2ccccc2)cc1. The highest BCUT2D eigenvalue weighted by atomic mass is 15.0. The van der Waals surface area contributed by atoms with Crippen LogP contribution >= 0.6 is 0 Å². The largest absolute Gasteiger partial charge is 0.359 e. The van der Waals surface area contributed by atoms with Crippen LogP contribution in [0.15, 0.2) is 199 Å². The summed E-state index contributed by atoms with van der Waals surface area (Å²) in [5.41, 5.74) is 6.79. The lowest BCUT2D eigenvalue weighted by molar-refractivity contribution is 0.782. The average molecular weight is 687 g/mol. The van der Waals surface area contributed by atoms with Gasteiger partial charge in [0.2, 0.25) is 0 Å². The van der Waals surface area contributed by atoms with E-state index < -0.39 is 0 Å². The second kappa shape index (κ2) is 12.3. The number of hydrogen-bond acceptors (Lipinski definition) is 2. The van der Waals surface area contributed by atoms with Crippen LogP contribution in [0, 0.1) is 0 Å². The van der Waals surface area contributed by atoms with Gasteiger partial charge >= 0.3 is 0 Å². The van der Waals surface area contributed by atoms with E-state index in [1.54, 1.807) is 0 Å².